The molecule has 8 heteroatoms. The predicted molar refractivity (Wildman–Crippen MR) is 107 cm³/mol. The highest BCUT2D eigenvalue weighted by Crippen LogP contribution is 2.15. The third-order valence-corrected chi connectivity index (χ3v) is 4.95. The molecule has 1 aromatic heterocycles. The van der Waals surface area contributed by atoms with Crippen molar-refractivity contribution in [2.75, 3.05) is 24.5 Å². The van der Waals surface area contributed by atoms with E-state index in [9.17, 15) is 14.4 Å². The molecule has 0 unspecified atom stereocenters. The summed E-state index contributed by atoms with van der Waals surface area (Å²) in [5.41, 5.74) is 6.10. The van der Waals surface area contributed by atoms with E-state index in [0.29, 0.717) is 10.4 Å². The molecule has 0 saturated carbocycles. The molecule has 0 fully saturated rings. The van der Waals surface area contributed by atoms with Crippen LogP contribution in [-0.2, 0) is 4.79 Å². The van der Waals surface area contributed by atoms with E-state index in [0.717, 1.165) is 23.7 Å². The van der Waals surface area contributed by atoms with E-state index in [1.54, 1.807) is 18.2 Å². The quantitative estimate of drug-likeness (QED) is 0.634. The molecule has 0 aliphatic heterocycles. The van der Waals surface area contributed by atoms with Gasteiger partial charge in [-0.3, -0.25) is 25.2 Å². The first-order chi connectivity index (χ1) is 12.9. The molecule has 3 N–H and O–H groups in total. The topological polar surface area (TPSA) is 90.5 Å². The van der Waals surface area contributed by atoms with Crippen LogP contribution in [0.5, 0.6) is 0 Å². The summed E-state index contributed by atoms with van der Waals surface area (Å²) in [5.74, 6) is -1.25. The number of hydrogen-bond acceptors (Lipinski definition) is 5. The molecule has 0 aliphatic rings. The Morgan fingerprint density at radius 2 is 1.59 bits per heavy atom. The zero-order valence-electron chi connectivity index (χ0n) is 15.7. The van der Waals surface area contributed by atoms with Gasteiger partial charge in [-0.05, 0) is 57.2 Å². The van der Waals surface area contributed by atoms with Crippen LogP contribution >= 0.6 is 11.3 Å². The third kappa shape index (κ3) is 5.82. The lowest BCUT2D eigenvalue weighted by atomic mass is 10.2. The lowest BCUT2D eigenvalue weighted by molar-refractivity contribution is -0.120. The summed E-state index contributed by atoms with van der Waals surface area (Å²) < 4.78 is 0. The average molecular weight is 388 g/mol. The normalized spacial score (nSPS) is 10.2. The number of thiophene rings is 1. The van der Waals surface area contributed by atoms with Crippen LogP contribution in [-0.4, -0.2) is 37.4 Å². The number of anilines is 1. The smallest absolute Gasteiger partial charge is 0.269 e. The zero-order valence-corrected chi connectivity index (χ0v) is 16.5. The van der Waals surface area contributed by atoms with E-state index < -0.39 is 11.8 Å². The second kappa shape index (κ2) is 9.72. The molecule has 27 heavy (non-hydrogen) atoms. The molecule has 0 atom stereocenters. The Labute approximate surface area is 162 Å². The summed E-state index contributed by atoms with van der Waals surface area (Å²) in [6.07, 6.45) is 0. The summed E-state index contributed by atoms with van der Waals surface area (Å²) >= 11 is 1.35. The number of nitrogens with one attached hydrogen (secondary N) is 3. The standard InChI is InChI=1S/C19H24N4O3S/c1-4-23(5-2)15-9-7-14(8-10-15)18(25)22-21-17(24)12-20-19(26)16-11-6-13(3)27-16/h6-11H,4-5,12H2,1-3H3,(H,20,26)(H,21,24)(H,22,25). The van der Waals surface area contributed by atoms with E-state index in [1.165, 1.54) is 11.3 Å². The van der Waals surface area contributed by atoms with Gasteiger partial charge in [0, 0.05) is 29.2 Å². The molecule has 0 radical (unpaired) electrons. The van der Waals surface area contributed by atoms with Crippen LogP contribution in [0.15, 0.2) is 36.4 Å². The highest BCUT2D eigenvalue weighted by molar-refractivity contribution is 7.13. The third-order valence-electron chi connectivity index (χ3n) is 3.95. The first-order valence-corrected chi connectivity index (χ1v) is 9.55. The first-order valence-electron chi connectivity index (χ1n) is 8.73. The van der Waals surface area contributed by atoms with Gasteiger partial charge in [-0.25, -0.2) is 0 Å². The Kier molecular flexibility index (Phi) is 7.36. The maximum Gasteiger partial charge on any atom is 0.269 e. The van der Waals surface area contributed by atoms with Gasteiger partial charge >= 0.3 is 0 Å². The molecule has 3 amide bonds. The second-order valence-electron chi connectivity index (χ2n) is 5.81. The van der Waals surface area contributed by atoms with Crippen LogP contribution in [0.25, 0.3) is 0 Å². The number of hydrazine groups is 1. The van der Waals surface area contributed by atoms with Crippen LogP contribution in [0.2, 0.25) is 0 Å². The SMILES string of the molecule is CCN(CC)c1ccc(C(=O)NNC(=O)CNC(=O)c2ccc(C)s2)cc1. The molecule has 0 aliphatic carbocycles. The Bertz CT molecular complexity index is 798. The number of hydrogen-bond donors (Lipinski definition) is 3. The van der Waals surface area contributed by atoms with Crippen molar-refractivity contribution in [1.29, 1.82) is 0 Å². The Morgan fingerprint density at radius 3 is 2.15 bits per heavy atom. The molecule has 0 bridgehead atoms. The van der Waals surface area contributed by atoms with Crippen molar-refractivity contribution in [2.45, 2.75) is 20.8 Å². The van der Waals surface area contributed by atoms with Crippen molar-refractivity contribution in [3.05, 3.63) is 51.7 Å². The number of rotatable bonds is 7. The summed E-state index contributed by atoms with van der Waals surface area (Å²) in [7, 11) is 0. The Hall–Kier alpha value is -2.87. The number of carbonyl (C=O) groups excluding carboxylic acids is 3. The molecule has 0 saturated heterocycles. The Morgan fingerprint density at radius 1 is 0.926 bits per heavy atom. The highest BCUT2D eigenvalue weighted by atomic mass is 32.1. The van der Waals surface area contributed by atoms with E-state index >= 15 is 0 Å². The van der Waals surface area contributed by atoms with Gasteiger partial charge in [0.2, 0.25) is 0 Å². The molecule has 7 nitrogen and oxygen atoms in total. The number of benzene rings is 1. The van der Waals surface area contributed by atoms with E-state index in [1.807, 2.05) is 25.1 Å². The van der Waals surface area contributed by atoms with Crippen molar-refractivity contribution in [2.24, 2.45) is 0 Å². The van der Waals surface area contributed by atoms with Crippen molar-refractivity contribution < 1.29 is 14.4 Å². The van der Waals surface area contributed by atoms with Gasteiger partial charge in [-0.1, -0.05) is 0 Å². The largest absolute Gasteiger partial charge is 0.372 e. The summed E-state index contributed by atoms with van der Waals surface area (Å²) in [6.45, 7) is 7.58. The monoisotopic (exact) mass is 388 g/mol. The van der Waals surface area contributed by atoms with Crippen molar-refractivity contribution >= 4 is 34.7 Å². The van der Waals surface area contributed by atoms with E-state index in [4.69, 9.17) is 0 Å². The highest BCUT2D eigenvalue weighted by Gasteiger charge is 2.11. The molecular formula is C19H24N4O3S. The van der Waals surface area contributed by atoms with Gasteiger partial charge in [0.25, 0.3) is 17.7 Å². The van der Waals surface area contributed by atoms with Crippen LogP contribution in [0.4, 0.5) is 5.69 Å². The maximum atomic E-state index is 12.1. The van der Waals surface area contributed by atoms with Crippen molar-refractivity contribution in [3.63, 3.8) is 0 Å². The number of carbonyl (C=O) groups is 3. The minimum Gasteiger partial charge on any atom is -0.372 e. The summed E-state index contributed by atoms with van der Waals surface area (Å²) in [5, 5.41) is 2.51. The molecule has 1 aromatic carbocycles. The molecule has 1 heterocycles. The maximum absolute atomic E-state index is 12.1. The lowest BCUT2D eigenvalue weighted by Crippen LogP contribution is -2.46. The van der Waals surface area contributed by atoms with Gasteiger partial charge in [0.1, 0.15) is 0 Å². The fraction of sp³-hybridized carbons (Fsp3) is 0.316. The molecule has 0 spiro atoms. The fourth-order valence-electron chi connectivity index (χ4n) is 2.46. The predicted octanol–water partition coefficient (Wildman–Crippen LogP) is 2.09. The molecule has 2 rings (SSSR count). The van der Waals surface area contributed by atoms with Crippen LogP contribution < -0.4 is 21.1 Å². The van der Waals surface area contributed by atoms with Gasteiger partial charge in [-0.2, -0.15) is 0 Å². The second-order valence-corrected chi connectivity index (χ2v) is 7.10. The lowest BCUT2D eigenvalue weighted by Gasteiger charge is -2.21. The van der Waals surface area contributed by atoms with Crippen LogP contribution in [0.1, 0.15) is 38.8 Å². The van der Waals surface area contributed by atoms with Gasteiger partial charge in [0.05, 0.1) is 11.4 Å². The molecule has 2 aromatic rings. The minimum atomic E-state index is -0.510. The van der Waals surface area contributed by atoms with Crippen LogP contribution in [0, 0.1) is 6.92 Å². The van der Waals surface area contributed by atoms with Gasteiger partial charge in [-0.15, -0.1) is 11.3 Å². The van der Waals surface area contributed by atoms with E-state index in [2.05, 4.69) is 34.9 Å². The Balaban J connectivity index is 1.79. The van der Waals surface area contributed by atoms with Crippen LogP contribution in [0.3, 0.4) is 0 Å². The first kappa shape index (κ1) is 20.4. The summed E-state index contributed by atoms with van der Waals surface area (Å²) in [4.78, 5) is 39.5. The number of amides is 3. The summed E-state index contributed by atoms with van der Waals surface area (Å²) in [6, 6.07) is 10.7. The molecular weight excluding hydrogens is 364 g/mol. The molecule has 144 valence electrons. The number of aryl methyl sites for hydroxylation is 1. The number of nitrogens with zero attached hydrogens (tertiary/aromatic N) is 1. The van der Waals surface area contributed by atoms with Gasteiger partial charge in [0.15, 0.2) is 0 Å². The van der Waals surface area contributed by atoms with Gasteiger partial charge < -0.3 is 10.2 Å². The van der Waals surface area contributed by atoms with Crippen molar-refractivity contribution in [1.82, 2.24) is 16.2 Å². The van der Waals surface area contributed by atoms with E-state index in [-0.39, 0.29) is 12.5 Å². The zero-order chi connectivity index (χ0) is 19.8. The van der Waals surface area contributed by atoms with Crippen molar-refractivity contribution in [3.8, 4) is 0 Å². The average Bonchev–Trinajstić information content (AvgIpc) is 3.12. The fourth-order valence-corrected chi connectivity index (χ4v) is 3.24. The minimum absolute atomic E-state index is 0.225.